The molecular formula is C16H21N3O3S. The van der Waals surface area contributed by atoms with Gasteiger partial charge in [0, 0.05) is 25.6 Å². The van der Waals surface area contributed by atoms with Crippen LogP contribution in [0.5, 0.6) is 0 Å². The third kappa shape index (κ3) is 5.34. The first-order valence-corrected chi connectivity index (χ1v) is 9.47. The van der Waals surface area contributed by atoms with Gasteiger partial charge in [-0.3, -0.25) is 4.79 Å². The van der Waals surface area contributed by atoms with Gasteiger partial charge < -0.3 is 5.32 Å². The topological polar surface area (TPSA) is 90.3 Å². The lowest BCUT2D eigenvalue weighted by molar-refractivity contribution is -0.122. The van der Waals surface area contributed by atoms with Gasteiger partial charge in [-0.2, -0.15) is 5.26 Å². The predicted octanol–water partition coefficient (Wildman–Crippen LogP) is 1.03. The summed E-state index contributed by atoms with van der Waals surface area (Å²) >= 11 is 0. The fourth-order valence-electron chi connectivity index (χ4n) is 2.64. The Balaban J connectivity index is 1.74. The molecule has 1 aromatic rings. The van der Waals surface area contributed by atoms with Gasteiger partial charge in [-0.1, -0.05) is 12.1 Å². The van der Waals surface area contributed by atoms with Crippen LogP contribution in [0.1, 0.15) is 30.4 Å². The molecule has 1 fully saturated rings. The Labute approximate surface area is 137 Å². The van der Waals surface area contributed by atoms with Gasteiger partial charge in [-0.05, 0) is 37.0 Å². The summed E-state index contributed by atoms with van der Waals surface area (Å²) in [6.07, 6.45) is 3.52. The molecule has 1 N–H and O–H groups in total. The largest absolute Gasteiger partial charge is 0.353 e. The second-order valence-corrected chi connectivity index (χ2v) is 7.79. The molecule has 1 saturated heterocycles. The Hall–Kier alpha value is -1.91. The second kappa shape index (κ2) is 7.57. The number of nitrogens with one attached hydrogen (secondary N) is 1. The number of carbonyl (C=O) groups excluding carboxylic acids is 1. The summed E-state index contributed by atoms with van der Waals surface area (Å²) in [6.45, 7) is 0.915. The van der Waals surface area contributed by atoms with Gasteiger partial charge >= 0.3 is 0 Å². The van der Waals surface area contributed by atoms with Crippen molar-refractivity contribution in [3.63, 3.8) is 0 Å². The van der Waals surface area contributed by atoms with Gasteiger partial charge in [-0.25, -0.2) is 12.7 Å². The van der Waals surface area contributed by atoms with Gasteiger partial charge in [0.1, 0.15) is 0 Å². The fourth-order valence-corrected chi connectivity index (χ4v) is 3.51. The molecule has 1 amide bonds. The Bertz CT molecular complexity index is 684. The molecule has 2 rings (SSSR count). The fraction of sp³-hybridized carbons (Fsp3) is 0.500. The van der Waals surface area contributed by atoms with Crippen LogP contribution in [0, 0.1) is 11.3 Å². The lowest BCUT2D eigenvalue weighted by Gasteiger charge is -2.30. The first-order valence-electron chi connectivity index (χ1n) is 7.62. The molecule has 7 heteroatoms. The highest BCUT2D eigenvalue weighted by molar-refractivity contribution is 7.88. The van der Waals surface area contributed by atoms with Crippen molar-refractivity contribution in [3.8, 4) is 6.07 Å². The van der Waals surface area contributed by atoms with Crippen LogP contribution in [0.25, 0.3) is 0 Å². The van der Waals surface area contributed by atoms with E-state index in [0.717, 1.165) is 5.56 Å². The number of aryl methyl sites for hydroxylation is 1. The zero-order chi connectivity index (χ0) is 16.9. The highest BCUT2D eigenvalue weighted by atomic mass is 32.2. The maximum Gasteiger partial charge on any atom is 0.220 e. The van der Waals surface area contributed by atoms with Crippen molar-refractivity contribution >= 4 is 15.9 Å². The minimum Gasteiger partial charge on any atom is -0.353 e. The molecule has 23 heavy (non-hydrogen) atoms. The van der Waals surface area contributed by atoms with Gasteiger partial charge in [0.15, 0.2) is 0 Å². The number of nitriles is 1. The zero-order valence-corrected chi connectivity index (χ0v) is 14.0. The predicted molar refractivity (Wildman–Crippen MR) is 87.1 cm³/mol. The normalized spacial score (nSPS) is 16.7. The highest BCUT2D eigenvalue weighted by Crippen LogP contribution is 2.13. The molecule has 1 aliphatic heterocycles. The summed E-state index contributed by atoms with van der Waals surface area (Å²) < 4.78 is 24.3. The zero-order valence-electron chi connectivity index (χ0n) is 13.2. The van der Waals surface area contributed by atoms with Crippen molar-refractivity contribution in [2.24, 2.45) is 0 Å². The maximum atomic E-state index is 12.0. The van der Waals surface area contributed by atoms with Crippen LogP contribution < -0.4 is 5.32 Å². The van der Waals surface area contributed by atoms with E-state index in [1.54, 1.807) is 12.1 Å². The average molecular weight is 335 g/mol. The number of rotatable bonds is 5. The molecule has 0 atom stereocenters. The van der Waals surface area contributed by atoms with Crippen LogP contribution >= 0.6 is 0 Å². The number of carbonyl (C=O) groups is 1. The molecular weight excluding hydrogens is 314 g/mol. The summed E-state index contributed by atoms with van der Waals surface area (Å²) in [5.74, 6) is -0.0211. The SMILES string of the molecule is CS(=O)(=O)N1CCC(NC(=O)CCc2ccc(C#N)cc2)CC1. The maximum absolute atomic E-state index is 12.0. The van der Waals surface area contributed by atoms with Crippen molar-refractivity contribution < 1.29 is 13.2 Å². The molecule has 1 heterocycles. The number of nitrogens with zero attached hydrogens (tertiary/aromatic N) is 2. The average Bonchev–Trinajstić information content (AvgIpc) is 2.53. The minimum atomic E-state index is -3.13. The summed E-state index contributed by atoms with van der Waals surface area (Å²) in [5, 5.41) is 11.7. The van der Waals surface area contributed by atoms with Crippen LogP contribution in [0.3, 0.4) is 0 Å². The van der Waals surface area contributed by atoms with E-state index < -0.39 is 10.0 Å². The lowest BCUT2D eigenvalue weighted by atomic mass is 10.1. The lowest BCUT2D eigenvalue weighted by Crippen LogP contribution is -2.46. The summed E-state index contributed by atoms with van der Waals surface area (Å²) in [7, 11) is -3.13. The quantitative estimate of drug-likeness (QED) is 0.870. The molecule has 0 aliphatic carbocycles. The van der Waals surface area contributed by atoms with Crippen LogP contribution in [0.2, 0.25) is 0 Å². The van der Waals surface area contributed by atoms with Gasteiger partial charge in [0.25, 0.3) is 0 Å². The van der Waals surface area contributed by atoms with E-state index >= 15 is 0 Å². The number of amides is 1. The molecule has 6 nitrogen and oxygen atoms in total. The van der Waals surface area contributed by atoms with E-state index in [2.05, 4.69) is 11.4 Å². The second-order valence-electron chi connectivity index (χ2n) is 5.81. The van der Waals surface area contributed by atoms with Gasteiger partial charge in [0.2, 0.25) is 15.9 Å². The highest BCUT2D eigenvalue weighted by Gasteiger charge is 2.25. The monoisotopic (exact) mass is 335 g/mol. The van der Waals surface area contributed by atoms with Crippen molar-refractivity contribution in [1.82, 2.24) is 9.62 Å². The summed E-state index contributed by atoms with van der Waals surface area (Å²) in [5.41, 5.74) is 1.63. The number of hydrogen-bond acceptors (Lipinski definition) is 4. The van der Waals surface area contributed by atoms with E-state index in [1.165, 1.54) is 10.6 Å². The van der Waals surface area contributed by atoms with E-state index in [-0.39, 0.29) is 11.9 Å². The van der Waals surface area contributed by atoms with Crippen LogP contribution in [0.4, 0.5) is 0 Å². The van der Waals surface area contributed by atoms with Crippen molar-refractivity contribution in [1.29, 1.82) is 5.26 Å². The molecule has 124 valence electrons. The number of hydrogen-bond donors (Lipinski definition) is 1. The third-order valence-corrected chi connectivity index (χ3v) is 5.32. The van der Waals surface area contributed by atoms with Gasteiger partial charge in [0.05, 0.1) is 17.9 Å². The number of benzene rings is 1. The molecule has 0 spiro atoms. The number of sulfonamides is 1. The van der Waals surface area contributed by atoms with Crippen molar-refractivity contribution in [3.05, 3.63) is 35.4 Å². The summed E-state index contributed by atoms with van der Waals surface area (Å²) in [6, 6.07) is 9.31. The molecule has 0 unspecified atom stereocenters. The Morgan fingerprint density at radius 3 is 2.43 bits per heavy atom. The minimum absolute atomic E-state index is 0.0211. The Kier molecular flexibility index (Phi) is 5.74. The van der Waals surface area contributed by atoms with Crippen LogP contribution in [-0.2, 0) is 21.2 Å². The molecule has 0 saturated carbocycles. The molecule has 0 bridgehead atoms. The summed E-state index contributed by atoms with van der Waals surface area (Å²) in [4.78, 5) is 12.0. The Morgan fingerprint density at radius 2 is 1.91 bits per heavy atom. The molecule has 1 aromatic carbocycles. The van der Waals surface area contributed by atoms with E-state index in [4.69, 9.17) is 5.26 Å². The van der Waals surface area contributed by atoms with Crippen molar-refractivity contribution in [2.75, 3.05) is 19.3 Å². The Morgan fingerprint density at radius 1 is 1.30 bits per heavy atom. The standard InChI is InChI=1S/C16H21N3O3S/c1-23(21,22)19-10-8-15(9-11-19)18-16(20)7-6-13-2-4-14(12-17)5-3-13/h2-5,15H,6-11H2,1H3,(H,18,20). The van der Waals surface area contributed by atoms with Gasteiger partial charge in [-0.15, -0.1) is 0 Å². The van der Waals surface area contributed by atoms with Crippen LogP contribution in [-0.4, -0.2) is 44.0 Å². The van der Waals surface area contributed by atoms with E-state index in [1.807, 2.05) is 12.1 Å². The van der Waals surface area contributed by atoms with E-state index in [0.29, 0.717) is 44.3 Å². The smallest absolute Gasteiger partial charge is 0.220 e. The molecule has 0 radical (unpaired) electrons. The van der Waals surface area contributed by atoms with E-state index in [9.17, 15) is 13.2 Å². The number of piperidine rings is 1. The van der Waals surface area contributed by atoms with Crippen molar-refractivity contribution in [2.45, 2.75) is 31.7 Å². The third-order valence-electron chi connectivity index (χ3n) is 4.01. The molecule has 0 aromatic heterocycles. The van der Waals surface area contributed by atoms with Crippen LogP contribution in [0.15, 0.2) is 24.3 Å². The first-order chi connectivity index (χ1) is 10.9. The molecule has 1 aliphatic rings. The first kappa shape index (κ1) is 17.4.